The molecule has 4 aromatic rings. The summed E-state index contributed by atoms with van der Waals surface area (Å²) in [6.45, 7) is 8.31. The van der Waals surface area contributed by atoms with Crippen LogP contribution in [0.1, 0.15) is 53.9 Å². The summed E-state index contributed by atoms with van der Waals surface area (Å²) in [6, 6.07) is 21.2. The van der Waals surface area contributed by atoms with Crippen molar-refractivity contribution >= 4 is 11.6 Å². The number of hydrogen-bond acceptors (Lipinski definition) is 4. The Bertz CT molecular complexity index is 1300. The Hall–Kier alpha value is -3.99. The molecule has 5 nitrogen and oxygen atoms in total. The van der Waals surface area contributed by atoms with Gasteiger partial charge in [0.2, 0.25) is 5.88 Å². The highest BCUT2D eigenvalue weighted by Gasteiger charge is 2.14. The predicted octanol–water partition coefficient (Wildman–Crippen LogP) is 7.18. The Morgan fingerprint density at radius 3 is 2.50 bits per heavy atom. The lowest BCUT2D eigenvalue weighted by molar-refractivity contribution is 0.102. The van der Waals surface area contributed by atoms with Crippen molar-refractivity contribution in [2.75, 3.05) is 5.32 Å². The number of nitrogens with zero attached hydrogens (tertiary/aromatic N) is 2. The molecule has 0 aliphatic rings. The lowest BCUT2D eigenvalue weighted by Gasteiger charge is -2.14. The predicted molar refractivity (Wildman–Crippen MR) is 137 cm³/mol. The van der Waals surface area contributed by atoms with Gasteiger partial charge in [0, 0.05) is 34.9 Å². The van der Waals surface area contributed by atoms with E-state index in [0.29, 0.717) is 23.1 Å². The maximum Gasteiger partial charge on any atom is 0.255 e. The molecular weight excluding hydrogens is 422 g/mol. The normalized spacial score (nSPS) is 10.9. The fourth-order valence-corrected chi connectivity index (χ4v) is 3.64. The van der Waals surface area contributed by atoms with Crippen molar-refractivity contribution in [1.82, 2.24) is 9.97 Å². The highest BCUT2D eigenvalue weighted by Crippen LogP contribution is 2.33. The molecular formula is C29H29N3O2. The Kier molecular flexibility index (Phi) is 7.02. The third-order valence-corrected chi connectivity index (χ3v) is 5.75. The van der Waals surface area contributed by atoms with Gasteiger partial charge in [-0.25, -0.2) is 4.98 Å². The molecule has 0 aliphatic carbocycles. The van der Waals surface area contributed by atoms with Crippen LogP contribution in [0.4, 0.5) is 5.69 Å². The number of carbonyl (C=O) groups excluding carboxylic acids is 1. The molecule has 0 atom stereocenters. The molecule has 1 N–H and O–H groups in total. The number of amides is 1. The van der Waals surface area contributed by atoms with Gasteiger partial charge >= 0.3 is 0 Å². The number of pyridine rings is 2. The first kappa shape index (κ1) is 23.2. The van der Waals surface area contributed by atoms with E-state index >= 15 is 0 Å². The monoisotopic (exact) mass is 451 g/mol. The zero-order chi connectivity index (χ0) is 24.1. The fraction of sp³-hybridized carbons (Fsp3) is 0.207. The van der Waals surface area contributed by atoms with E-state index in [1.165, 1.54) is 5.56 Å². The number of hydrogen-bond donors (Lipinski definition) is 1. The number of nitrogens with one attached hydrogen (secondary N) is 1. The first-order valence-corrected chi connectivity index (χ1v) is 11.5. The van der Waals surface area contributed by atoms with Crippen LogP contribution >= 0.6 is 0 Å². The van der Waals surface area contributed by atoms with Gasteiger partial charge in [-0.2, -0.15) is 0 Å². The third kappa shape index (κ3) is 5.31. The summed E-state index contributed by atoms with van der Waals surface area (Å²) >= 11 is 0. The van der Waals surface area contributed by atoms with Crippen LogP contribution in [0.3, 0.4) is 0 Å². The van der Waals surface area contributed by atoms with Crippen LogP contribution in [-0.2, 0) is 6.42 Å². The smallest absolute Gasteiger partial charge is 0.255 e. The summed E-state index contributed by atoms with van der Waals surface area (Å²) in [4.78, 5) is 21.8. The van der Waals surface area contributed by atoms with Crippen LogP contribution in [0.15, 0.2) is 79.1 Å². The molecule has 0 saturated heterocycles. The van der Waals surface area contributed by atoms with E-state index in [4.69, 9.17) is 4.74 Å². The Labute approximate surface area is 200 Å². The number of carbonyl (C=O) groups is 1. The van der Waals surface area contributed by atoms with E-state index in [1.54, 1.807) is 24.5 Å². The van der Waals surface area contributed by atoms with Gasteiger partial charge in [-0.1, -0.05) is 39.0 Å². The minimum atomic E-state index is -0.190. The van der Waals surface area contributed by atoms with E-state index in [1.807, 2.05) is 61.5 Å². The average Bonchev–Trinajstić information content (AvgIpc) is 2.86. The van der Waals surface area contributed by atoms with Crippen molar-refractivity contribution in [2.45, 2.75) is 40.0 Å². The Morgan fingerprint density at radius 1 is 0.971 bits per heavy atom. The van der Waals surface area contributed by atoms with E-state index in [2.05, 4.69) is 36.1 Å². The van der Waals surface area contributed by atoms with Gasteiger partial charge in [-0.3, -0.25) is 9.78 Å². The zero-order valence-corrected chi connectivity index (χ0v) is 20.0. The largest absolute Gasteiger partial charge is 0.438 e. The second-order valence-corrected chi connectivity index (χ2v) is 8.56. The Morgan fingerprint density at radius 2 is 1.76 bits per heavy atom. The average molecular weight is 452 g/mol. The van der Waals surface area contributed by atoms with Gasteiger partial charge in [0.05, 0.1) is 0 Å². The van der Waals surface area contributed by atoms with Gasteiger partial charge < -0.3 is 10.1 Å². The summed E-state index contributed by atoms with van der Waals surface area (Å²) in [5.74, 6) is 1.33. The van der Waals surface area contributed by atoms with Gasteiger partial charge in [-0.15, -0.1) is 0 Å². The summed E-state index contributed by atoms with van der Waals surface area (Å²) in [5, 5.41) is 2.97. The summed E-state index contributed by atoms with van der Waals surface area (Å²) in [7, 11) is 0. The molecule has 2 aromatic carbocycles. The number of anilines is 1. The maximum atomic E-state index is 12.9. The Balaban J connectivity index is 1.58. The topological polar surface area (TPSA) is 64.1 Å². The molecule has 0 bridgehead atoms. The van der Waals surface area contributed by atoms with Crippen molar-refractivity contribution in [3.63, 3.8) is 0 Å². The van der Waals surface area contributed by atoms with Crippen LogP contribution < -0.4 is 10.1 Å². The number of rotatable bonds is 7. The molecule has 172 valence electrons. The van der Waals surface area contributed by atoms with Crippen molar-refractivity contribution < 1.29 is 9.53 Å². The molecule has 0 aliphatic heterocycles. The molecule has 4 rings (SSSR count). The molecule has 0 saturated carbocycles. The van der Waals surface area contributed by atoms with Crippen LogP contribution in [0.2, 0.25) is 0 Å². The highest BCUT2D eigenvalue weighted by atomic mass is 16.5. The highest BCUT2D eigenvalue weighted by molar-refractivity contribution is 6.04. The first-order valence-electron chi connectivity index (χ1n) is 11.5. The number of aryl methyl sites for hydroxylation is 2. The van der Waals surface area contributed by atoms with Crippen LogP contribution in [0.5, 0.6) is 11.6 Å². The molecule has 0 spiro atoms. The first-order chi connectivity index (χ1) is 16.4. The SMILES string of the molecule is CCc1cc(-c2cccnc2Oc2cc(C(=O)Nc3ccc(C(C)C)cc3)ccc2C)ccn1. The van der Waals surface area contributed by atoms with Crippen molar-refractivity contribution in [2.24, 2.45) is 0 Å². The quantitative estimate of drug-likeness (QED) is 0.323. The van der Waals surface area contributed by atoms with Crippen molar-refractivity contribution in [3.05, 3.63) is 102 Å². The van der Waals surface area contributed by atoms with Gasteiger partial charge in [0.25, 0.3) is 5.91 Å². The maximum absolute atomic E-state index is 12.9. The van der Waals surface area contributed by atoms with E-state index in [9.17, 15) is 4.79 Å². The standard InChI is InChI=1S/C29H29N3O2/c1-5-24-17-22(14-16-30-24)26-7-6-15-31-29(26)34-27-18-23(9-8-20(27)4)28(33)32-25-12-10-21(11-13-25)19(2)3/h6-19H,5H2,1-4H3,(H,32,33). The molecule has 0 fully saturated rings. The lowest BCUT2D eigenvalue weighted by atomic mass is 10.0. The van der Waals surface area contributed by atoms with Crippen LogP contribution in [-0.4, -0.2) is 15.9 Å². The zero-order valence-electron chi connectivity index (χ0n) is 20.0. The molecule has 5 heteroatoms. The fourth-order valence-electron chi connectivity index (χ4n) is 3.64. The van der Waals surface area contributed by atoms with Crippen LogP contribution in [0, 0.1) is 6.92 Å². The molecule has 2 heterocycles. The minimum Gasteiger partial charge on any atom is -0.438 e. The number of benzene rings is 2. The second-order valence-electron chi connectivity index (χ2n) is 8.56. The molecule has 0 radical (unpaired) electrons. The van der Waals surface area contributed by atoms with E-state index in [0.717, 1.165) is 34.5 Å². The number of ether oxygens (including phenoxy) is 1. The minimum absolute atomic E-state index is 0.190. The summed E-state index contributed by atoms with van der Waals surface area (Å²) in [5.41, 5.74) is 6.29. The lowest BCUT2D eigenvalue weighted by Crippen LogP contribution is -2.12. The third-order valence-electron chi connectivity index (χ3n) is 5.75. The second kappa shape index (κ2) is 10.3. The van der Waals surface area contributed by atoms with E-state index in [-0.39, 0.29) is 5.91 Å². The summed E-state index contributed by atoms with van der Waals surface area (Å²) in [6.07, 6.45) is 4.35. The van der Waals surface area contributed by atoms with Crippen LogP contribution in [0.25, 0.3) is 11.1 Å². The van der Waals surface area contributed by atoms with Crippen molar-refractivity contribution in [1.29, 1.82) is 0 Å². The molecule has 0 unspecified atom stereocenters. The van der Waals surface area contributed by atoms with Gasteiger partial charge in [0.1, 0.15) is 5.75 Å². The molecule has 2 aromatic heterocycles. The van der Waals surface area contributed by atoms with E-state index < -0.39 is 0 Å². The summed E-state index contributed by atoms with van der Waals surface area (Å²) < 4.78 is 6.24. The number of aromatic nitrogens is 2. The van der Waals surface area contributed by atoms with Crippen molar-refractivity contribution in [3.8, 4) is 22.8 Å². The molecule has 1 amide bonds. The van der Waals surface area contributed by atoms with Gasteiger partial charge in [-0.05, 0) is 84.5 Å². The van der Waals surface area contributed by atoms with Gasteiger partial charge in [0.15, 0.2) is 0 Å². The molecule has 34 heavy (non-hydrogen) atoms.